The van der Waals surface area contributed by atoms with Gasteiger partial charge in [-0.25, -0.2) is 0 Å². The summed E-state index contributed by atoms with van der Waals surface area (Å²) >= 11 is 0. The predicted octanol–water partition coefficient (Wildman–Crippen LogP) is -0.552. The van der Waals surface area contributed by atoms with E-state index < -0.39 is 18.1 Å². The van der Waals surface area contributed by atoms with E-state index in [-0.39, 0.29) is 18.5 Å². The highest BCUT2D eigenvalue weighted by Gasteiger charge is 2.25. The van der Waals surface area contributed by atoms with Crippen molar-refractivity contribution >= 4 is 18.4 Å². The zero-order chi connectivity index (χ0) is 9.84. The molecule has 1 saturated heterocycles. The third-order valence-corrected chi connectivity index (χ3v) is 1.96. The lowest BCUT2D eigenvalue weighted by atomic mass is 10.2. The minimum absolute atomic E-state index is 0. The van der Waals surface area contributed by atoms with E-state index in [2.05, 4.69) is 0 Å². The van der Waals surface area contributed by atoms with Crippen molar-refractivity contribution in [1.82, 2.24) is 0 Å². The number of rotatable bonds is 3. The molecule has 1 rings (SSSR count). The Kier molecular flexibility index (Phi) is 6.03. The minimum atomic E-state index is -0.958. The topological polar surface area (TPSA) is 81.8 Å². The van der Waals surface area contributed by atoms with Crippen LogP contribution in [0.2, 0.25) is 0 Å². The number of carbonyl (C=O) groups excluding carboxylic acids is 1. The van der Waals surface area contributed by atoms with Gasteiger partial charge in [-0.3, -0.25) is 4.79 Å². The molecule has 6 heteroatoms. The molecule has 1 heterocycles. The van der Waals surface area contributed by atoms with Crippen LogP contribution in [0.5, 0.6) is 0 Å². The molecule has 0 amide bonds. The van der Waals surface area contributed by atoms with Gasteiger partial charge in [-0.05, 0) is 6.92 Å². The van der Waals surface area contributed by atoms with Crippen LogP contribution in [-0.2, 0) is 14.3 Å². The molecule has 3 atom stereocenters. The number of aliphatic hydroxyl groups is 1. The molecular formula is C8H16ClNO4. The quantitative estimate of drug-likeness (QED) is 0.630. The highest BCUT2D eigenvalue weighted by Crippen LogP contribution is 2.09. The largest absolute Gasteiger partial charge is 0.459 e. The molecule has 0 aromatic rings. The fourth-order valence-electron chi connectivity index (χ4n) is 1.05. The predicted molar refractivity (Wildman–Crippen MR) is 52.2 cm³/mol. The highest BCUT2D eigenvalue weighted by atomic mass is 35.5. The first kappa shape index (κ1) is 13.6. The molecule has 5 nitrogen and oxygen atoms in total. The second kappa shape index (κ2) is 6.19. The van der Waals surface area contributed by atoms with Gasteiger partial charge in [0, 0.05) is 6.42 Å². The normalized spacial score (nSPS) is 24.9. The second-order valence-corrected chi connectivity index (χ2v) is 3.19. The summed E-state index contributed by atoms with van der Waals surface area (Å²) in [5, 5.41) is 9.01. The van der Waals surface area contributed by atoms with Crippen molar-refractivity contribution < 1.29 is 19.4 Å². The lowest BCUT2D eigenvalue weighted by Gasteiger charge is -2.16. The van der Waals surface area contributed by atoms with Crippen LogP contribution >= 0.6 is 12.4 Å². The highest BCUT2D eigenvalue weighted by molar-refractivity contribution is 5.85. The van der Waals surface area contributed by atoms with Crippen molar-refractivity contribution in [1.29, 1.82) is 0 Å². The summed E-state index contributed by atoms with van der Waals surface area (Å²) in [4.78, 5) is 11.2. The SMILES string of the molecule is C[C@H](O)[C@H](N)C(=O)OC1CCOC1.Cl. The van der Waals surface area contributed by atoms with Crippen molar-refractivity contribution in [3.8, 4) is 0 Å². The minimum Gasteiger partial charge on any atom is -0.459 e. The molecule has 1 aliphatic heterocycles. The summed E-state index contributed by atoms with van der Waals surface area (Å²) in [5.74, 6) is -0.564. The first-order valence-corrected chi connectivity index (χ1v) is 4.33. The van der Waals surface area contributed by atoms with Gasteiger partial charge in [0.25, 0.3) is 0 Å². The molecule has 0 bridgehead atoms. The van der Waals surface area contributed by atoms with Gasteiger partial charge in [0.05, 0.1) is 19.3 Å². The number of ether oxygens (including phenoxy) is 2. The maximum absolute atomic E-state index is 11.2. The van der Waals surface area contributed by atoms with E-state index in [1.807, 2.05) is 0 Å². The Bertz CT molecular complexity index is 182. The summed E-state index contributed by atoms with van der Waals surface area (Å²) in [6.07, 6.45) is -0.370. The van der Waals surface area contributed by atoms with E-state index in [4.69, 9.17) is 20.3 Å². The Morgan fingerprint density at radius 1 is 1.71 bits per heavy atom. The lowest BCUT2D eigenvalue weighted by Crippen LogP contribution is -2.42. The number of carbonyl (C=O) groups is 1. The zero-order valence-corrected chi connectivity index (χ0v) is 8.83. The van der Waals surface area contributed by atoms with Gasteiger partial charge in [-0.2, -0.15) is 0 Å². The number of hydrogen-bond donors (Lipinski definition) is 2. The average Bonchev–Trinajstić information content (AvgIpc) is 2.55. The van der Waals surface area contributed by atoms with Gasteiger partial charge >= 0.3 is 5.97 Å². The first-order chi connectivity index (χ1) is 6.11. The molecule has 0 spiro atoms. The Labute approximate surface area is 89.0 Å². The van der Waals surface area contributed by atoms with Crippen LogP contribution in [0.4, 0.5) is 0 Å². The van der Waals surface area contributed by atoms with Crippen LogP contribution in [-0.4, -0.2) is 42.5 Å². The van der Waals surface area contributed by atoms with E-state index in [9.17, 15) is 4.79 Å². The fourth-order valence-corrected chi connectivity index (χ4v) is 1.05. The molecule has 84 valence electrons. The van der Waals surface area contributed by atoms with Crippen LogP contribution in [0, 0.1) is 0 Å². The summed E-state index contributed by atoms with van der Waals surface area (Å²) in [6.45, 7) is 2.50. The van der Waals surface area contributed by atoms with Crippen LogP contribution in [0.3, 0.4) is 0 Å². The smallest absolute Gasteiger partial charge is 0.325 e. The molecule has 1 aliphatic rings. The number of aliphatic hydroxyl groups excluding tert-OH is 1. The number of hydrogen-bond acceptors (Lipinski definition) is 5. The van der Waals surface area contributed by atoms with Gasteiger partial charge in [0.2, 0.25) is 0 Å². The molecule has 0 aliphatic carbocycles. The van der Waals surface area contributed by atoms with Crippen molar-refractivity contribution in [3.63, 3.8) is 0 Å². The fraction of sp³-hybridized carbons (Fsp3) is 0.875. The molecule has 0 radical (unpaired) electrons. The van der Waals surface area contributed by atoms with Crippen LogP contribution in [0.1, 0.15) is 13.3 Å². The monoisotopic (exact) mass is 225 g/mol. The van der Waals surface area contributed by atoms with Crippen molar-refractivity contribution in [3.05, 3.63) is 0 Å². The summed E-state index contributed by atoms with van der Waals surface area (Å²) in [7, 11) is 0. The third kappa shape index (κ3) is 3.79. The van der Waals surface area contributed by atoms with E-state index in [0.29, 0.717) is 19.6 Å². The van der Waals surface area contributed by atoms with Gasteiger partial charge in [-0.1, -0.05) is 0 Å². The molecule has 3 N–H and O–H groups in total. The molecule has 0 aromatic heterocycles. The van der Waals surface area contributed by atoms with Crippen LogP contribution < -0.4 is 5.73 Å². The number of nitrogens with two attached hydrogens (primary N) is 1. The Morgan fingerprint density at radius 3 is 2.79 bits per heavy atom. The Hall–Kier alpha value is -0.360. The number of esters is 1. The Balaban J connectivity index is 0.00000169. The maximum atomic E-state index is 11.2. The lowest BCUT2D eigenvalue weighted by molar-refractivity contribution is -0.153. The summed E-state index contributed by atoms with van der Waals surface area (Å²) in [6, 6.07) is -0.958. The standard InChI is InChI=1S/C8H15NO4.ClH/c1-5(10)7(9)8(11)13-6-2-3-12-4-6;/h5-7,10H,2-4,9H2,1H3;1H/t5-,6?,7-;/m0./s1. The van der Waals surface area contributed by atoms with Crippen LogP contribution in [0.25, 0.3) is 0 Å². The maximum Gasteiger partial charge on any atom is 0.325 e. The molecule has 0 saturated carbocycles. The zero-order valence-electron chi connectivity index (χ0n) is 8.01. The van der Waals surface area contributed by atoms with Crippen molar-refractivity contribution in [2.45, 2.75) is 31.6 Å². The molecule has 1 unspecified atom stereocenters. The second-order valence-electron chi connectivity index (χ2n) is 3.19. The van der Waals surface area contributed by atoms with Gasteiger partial charge in [-0.15, -0.1) is 12.4 Å². The van der Waals surface area contributed by atoms with Crippen molar-refractivity contribution in [2.24, 2.45) is 5.73 Å². The van der Waals surface area contributed by atoms with Gasteiger partial charge in [0.15, 0.2) is 0 Å². The van der Waals surface area contributed by atoms with Gasteiger partial charge < -0.3 is 20.3 Å². The van der Waals surface area contributed by atoms with Crippen LogP contribution in [0.15, 0.2) is 0 Å². The molecule has 0 aromatic carbocycles. The van der Waals surface area contributed by atoms with E-state index in [1.165, 1.54) is 6.92 Å². The number of halogens is 1. The molecule has 14 heavy (non-hydrogen) atoms. The van der Waals surface area contributed by atoms with E-state index >= 15 is 0 Å². The molecule has 1 fully saturated rings. The van der Waals surface area contributed by atoms with E-state index in [0.717, 1.165) is 0 Å². The first-order valence-electron chi connectivity index (χ1n) is 4.33. The third-order valence-electron chi connectivity index (χ3n) is 1.96. The van der Waals surface area contributed by atoms with Gasteiger partial charge in [0.1, 0.15) is 12.1 Å². The summed E-state index contributed by atoms with van der Waals surface area (Å²) < 4.78 is 10.0. The summed E-state index contributed by atoms with van der Waals surface area (Å²) in [5.41, 5.74) is 5.37. The van der Waals surface area contributed by atoms with E-state index in [1.54, 1.807) is 0 Å². The molecular weight excluding hydrogens is 210 g/mol. The Morgan fingerprint density at radius 2 is 2.36 bits per heavy atom. The average molecular weight is 226 g/mol. The van der Waals surface area contributed by atoms with Crippen molar-refractivity contribution in [2.75, 3.05) is 13.2 Å².